The van der Waals surface area contributed by atoms with Crippen LogP contribution in [0.3, 0.4) is 0 Å². The topological polar surface area (TPSA) is 56.1 Å². The van der Waals surface area contributed by atoms with Crippen molar-refractivity contribution >= 4 is 9.84 Å². The SMILES string of the molecule is Cc1cccc(S(=O)(=O)CCCn2cc(F)ccc2=O)c1. The average Bonchev–Trinajstić information content (AvgIpc) is 2.42. The molecule has 0 spiro atoms. The molecule has 1 heterocycles. The van der Waals surface area contributed by atoms with Gasteiger partial charge in [-0.15, -0.1) is 0 Å². The summed E-state index contributed by atoms with van der Waals surface area (Å²) in [6, 6.07) is 8.90. The van der Waals surface area contributed by atoms with E-state index in [1.165, 1.54) is 4.57 Å². The van der Waals surface area contributed by atoms with Crippen LogP contribution in [0.4, 0.5) is 4.39 Å². The van der Waals surface area contributed by atoms with Gasteiger partial charge < -0.3 is 4.57 Å². The minimum absolute atomic E-state index is 0.0839. The summed E-state index contributed by atoms with van der Waals surface area (Å²) in [5.74, 6) is -0.601. The summed E-state index contributed by atoms with van der Waals surface area (Å²) in [5.41, 5.74) is 0.529. The molecule has 2 rings (SSSR count). The predicted molar refractivity (Wildman–Crippen MR) is 78.5 cm³/mol. The van der Waals surface area contributed by atoms with E-state index in [2.05, 4.69) is 0 Å². The van der Waals surface area contributed by atoms with Crippen molar-refractivity contribution in [2.24, 2.45) is 0 Å². The highest BCUT2D eigenvalue weighted by atomic mass is 32.2. The first-order chi connectivity index (χ1) is 9.88. The number of aromatic nitrogens is 1. The minimum Gasteiger partial charge on any atom is -0.313 e. The lowest BCUT2D eigenvalue weighted by Gasteiger charge is -2.07. The van der Waals surface area contributed by atoms with Crippen LogP contribution < -0.4 is 5.56 Å². The smallest absolute Gasteiger partial charge is 0.250 e. The number of aryl methyl sites for hydroxylation is 2. The molecule has 0 amide bonds. The molecule has 21 heavy (non-hydrogen) atoms. The maximum atomic E-state index is 13.0. The van der Waals surface area contributed by atoms with Crippen LogP contribution in [-0.4, -0.2) is 18.7 Å². The number of halogens is 1. The molecule has 6 heteroatoms. The zero-order valence-electron chi connectivity index (χ0n) is 11.6. The Morgan fingerprint density at radius 3 is 2.67 bits per heavy atom. The molecule has 0 unspecified atom stereocenters. The van der Waals surface area contributed by atoms with E-state index in [1.807, 2.05) is 13.0 Å². The van der Waals surface area contributed by atoms with E-state index in [9.17, 15) is 17.6 Å². The van der Waals surface area contributed by atoms with Crippen LogP contribution in [0.1, 0.15) is 12.0 Å². The number of sulfone groups is 1. The third kappa shape index (κ3) is 4.01. The van der Waals surface area contributed by atoms with Crippen LogP contribution in [0.25, 0.3) is 0 Å². The second-order valence-corrected chi connectivity index (χ2v) is 6.98. The van der Waals surface area contributed by atoms with Gasteiger partial charge >= 0.3 is 0 Å². The summed E-state index contributed by atoms with van der Waals surface area (Å²) in [5, 5.41) is 0. The normalized spacial score (nSPS) is 11.5. The van der Waals surface area contributed by atoms with Crippen LogP contribution >= 0.6 is 0 Å². The summed E-state index contributed by atoms with van der Waals surface area (Å²) in [7, 11) is -3.39. The van der Waals surface area contributed by atoms with Gasteiger partial charge in [0.1, 0.15) is 5.82 Å². The van der Waals surface area contributed by atoms with Crippen molar-refractivity contribution in [3.63, 3.8) is 0 Å². The van der Waals surface area contributed by atoms with Gasteiger partial charge in [-0.25, -0.2) is 12.8 Å². The van der Waals surface area contributed by atoms with Crippen molar-refractivity contribution in [2.75, 3.05) is 5.75 Å². The molecule has 1 aromatic carbocycles. The Bertz CT molecular complexity index is 797. The molecule has 0 N–H and O–H groups in total. The summed E-state index contributed by atoms with van der Waals surface area (Å²) in [6.07, 6.45) is 1.33. The molecular formula is C15H16FNO3S. The van der Waals surface area contributed by atoms with Crippen LogP contribution in [0.5, 0.6) is 0 Å². The first-order valence-electron chi connectivity index (χ1n) is 6.54. The van der Waals surface area contributed by atoms with E-state index in [1.54, 1.807) is 18.2 Å². The van der Waals surface area contributed by atoms with Crippen LogP contribution in [0, 0.1) is 12.7 Å². The Balaban J connectivity index is 2.06. The van der Waals surface area contributed by atoms with Gasteiger partial charge in [0, 0.05) is 18.8 Å². The minimum atomic E-state index is -3.39. The Kier molecular flexibility index (Phi) is 4.57. The van der Waals surface area contributed by atoms with Gasteiger partial charge in [0.15, 0.2) is 9.84 Å². The maximum absolute atomic E-state index is 13.0. The number of benzene rings is 1. The maximum Gasteiger partial charge on any atom is 0.250 e. The van der Waals surface area contributed by atoms with Crippen molar-refractivity contribution < 1.29 is 12.8 Å². The number of nitrogens with zero attached hydrogens (tertiary/aromatic N) is 1. The molecule has 0 aliphatic carbocycles. The lowest BCUT2D eigenvalue weighted by Crippen LogP contribution is -2.20. The highest BCUT2D eigenvalue weighted by Crippen LogP contribution is 2.13. The van der Waals surface area contributed by atoms with E-state index in [0.29, 0.717) is 0 Å². The molecule has 0 saturated heterocycles. The van der Waals surface area contributed by atoms with Gasteiger partial charge in [-0.2, -0.15) is 0 Å². The van der Waals surface area contributed by atoms with E-state index in [-0.39, 0.29) is 29.2 Å². The van der Waals surface area contributed by atoms with Crippen molar-refractivity contribution in [3.05, 3.63) is 64.3 Å². The quantitative estimate of drug-likeness (QED) is 0.850. The summed E-state index contributed by atoms with van der Waals surface area (Å²) in [6.45, 7) is 1.99. The van der Waals surface area contributed by atoms with Gasteiger partial charge in [-0.05, 0) is 37.1 Å². The van der Waals surface area contributed by atoms with Crippen molar-refractivity contribution in [1.82, 2.24) is 4.57 Å². The lowest BCUT2D eigenvalue weighted by molar-refractivity contribution is 0.566. The van der Waals surface area contributed by atoms with Crippen LogP contribution in [-0.2, 0) is 16.4 Å². The van der Waals surface area contributed by atoms with Crippen molar-refractivity contribution in [2.45, 2.75) is 24.8 Å². The van der Waals surface area contributed by atoms with E-state index < -0.39 is 15.7 Å². The number of rotatable bonds is 5. The summed E-state index contributed by atoms with van der Waals surface area (Å²) < 4.78 is 38.6. The summed E-state index contributed by atoms with van der Waals surface area (Å²) >= 11 is 0. The first-order valence-corrected chi connectivity index (χ1v) is 8.19. The second kappa shape index (κ2) is 6.22. The molecule has 112 valence electrons. The fourth-order valence-electron chi connectivity index (χ4n) is 2.03. The molecule has 0 radical (unpaired) electrons. The van der Waals surface area contributed by atoms with Gasteiger partial charge in [0.05, 0.1) is 10.6 Å². The standard InChI is InChI=1S/C15H16FNO3S/c1-12-4-2-5-14(10-12)21(19,20)9-3-8-17-11-13(16)6-7-15(17)18/h2,4-7,10-11H,3,8-9H2,1H3. The van der Waals surface area contributed by atoms with Gasteiger partial charge in [-0.3, -0.25) is 4.79 Å². The molecule has 4 nitrogen and oxygen atoms in total. The van der Waals surface area contributed by atoms with Gasteiger partial charge in [-0.1, -0.05) is 12.1 Å². The second-order valence-electron chi connectivity index (χ2n) is 4.87. The zero-order chi connectivity index (χ0) is 15.5. The third-order valence-corrected chi connectivity index (χ3v) is 4.91. The van der Waals surface area contributed by atoms with Crippen molar-refractivity contribution in [1.29, 1.82) is 0 Å². The third-order valence-electron chi connectivity index (χ3n) is 3.11. The largest absolute Gasteiger partial charge is 0.313 e. The Morgan fingerprint density at radius 2 is 1.95 bits per heavy atom. The molecular weight excluding hydrogens is 293 g/mol. The highest BCUT2D eigenvalue weighted by Gasteiger charge is 2.14. The first kappa shape index (κ1) is 15.4. The summed E-state index contributed by atoms with van der Waals surface area (Å²) in [4.78, 5) is 11.8. The Morgan fingerprint density at radius 1 is 1.19 bits per heavy atom. The molecule has 0 aliphatic heterocycles. The molecule has 0 aliphatic rings. The fourth-order valence-corrected chi connectivity index (χ4v) is 3.42. The molecule has 2 aromatic rings. The Labute approximate surface area is 122 Å². The molecule has 0 bridgehead atoms. The Hall–Kier alpha value is -1.95. The van der Waals surface area contributed by atoms with E-state index in [0.717, 1.165) is 23.9 Å². The molecule has 0 fully saturated rings. The number of pyridine rings is 1. The predicted octanol–water partition coefficient (Wildman–Crippen LogP) is 2.16. The van der Waals surface area contributed by atoms with Crippen LogP contribution in [0.2, 0.25) is 0 Å². The molecule has 0 atom stereocenters. The van der Waals surface area contributed by atoms with Gasteiger partial charge in [0.2, 0.25) is 0 Å². The zero-order valence-corrected chi connectivity index (χ0v) is 12.4. The van der Waals surface area contributed by atoms with Gasteiger partial charge in [0.25, 0.3) is 5.56 Å². The monoisotopic (exact) mass is 309 g/mol. The van der Waals surface area contributed by atoms with E-state index >= 15 is 0 Å². The lowest BCUT2D eigenvalue weighted by atomic mass is 10.2. The fraction of sp³-hybridized carbons (Fsp3) is 0.267. The van der Waals surface area contributed by atoms with Crippen LogP contribution in [0.15, 0.2) is 52.3 Å². The molecule has 1 aromatic heterocycles. The average molecular weight is 309 g/mol. The number of hydrogen-bond acceptors (Lipinski definition) is 3. The highest BCUT2D eigenvalue weighted by molar-refractivity contribution is 7.91. The molecule has 0 saturated carbocycles. The van der Waals surface area contributed by atoms with Crippen molar-refractivity contribution in [3.8, 4) is 0 Å². The van der Waals surface area contributed by atoms with E-state index in [4.69, 9.17) is 0 Å². The number of hydrogen-bond donors (Lipinski definition) is 0.